The number of nitrogens with zero attached hydrogens (tertiary/aromatic N) is 2. The Morgan fingerprint density at radius 2 is 1.86 bits per heavy atom. The predicted molar refractivity (Wildman–Crippen MR) is 115 cm³/mol. The molecule has 1 N–H and O–H groups in total. The number of aromatic hydroxyl groups is 1. The maximum absolute atomic E-state index is 13.0. The molecule has 1 fully saturated rings. The molecule has 0 aliphatic carbocycles. The largest absolute Gasteiger partial charge is 0.508 e. The predicted octanol–water partition coefficient (Wildman–Crippen LogP) is 3.95. The number of carbonyl (C=O) groups excluding carboxylic acids is 2. The van der Waals surface area contributed by atoms with Gasteiger partial charge in [0.25, 0.3) is 5.91 Å². The molecular formula is C24H22N2O3. The van der Waals surface area contributed by atoms with Crippen molar-refractivity contribution in [3.05, 3.63) is 84.0 Å². The lowest BCUT2D eigenvalue weighted by molar-refractivity contribution is -0.130. The van der Waals surface area contributed by atoms with Crippen LogP contribution in [0, 0.1) is 0 Å². The van der Waals surface area contributed by atoms with Crippen molar-refractivity contribution < 1.29 is 14.7 Å². The number of phenols is 1. The van der Waals surface area contributed by atoms with Gasteiger partial charge in [0.05, 0.1) is 12.2 Å². The molecule has 2 aliphatic rings. The van der Waals surface area contributed by atoms with Gasteiger partial charge < -0.3 is 14.9 Å². The monoisotopic (exact) mass is 386 g/mol. The fourth-order valence-electron chi connectivity index (χ4n) is 4.05. The number of rotatable bonds is 5. The highest BCUT2D eigenvalue weighted by Gasteiger charge is 2.34. The summed E-state index contributed by atoms with van der Waals surface area (Å²) in [5.74, 6) is 0.187. The lowest BCUT2D eigenvalue weighted by atomic mass is 9.89. The average molecular weight is 386 g/mol. The molecule has 146 valence electrons. The van der Waals surface area contributed by atoms with E-state index in [1.807, 2.05) is 12.1 Å². The van der Waals surface area contributed by atoms with Crippen LogP contribution in [-0.4, -0.2) is 34.9 Å². The van der Waals surface area contributed by atoms with Crippen LogP contribution in [0.3, 0.4) is 0 Å². The zero-order valence-electron chi connectivity index (χ0n) is 16.1. The summed E-state index contributed by atoms with van der Waals surface area (Å²) in [7, 11) is 0. The average Bonchev–Trinajstić information content (AvgIpc) is 3.01. The lowest BCUT2D eigenvalue weighted by Crippen LogP contribution is -2.47. The summed E-state index contributed by atoms with van der Waals surface area (Å²) in [6.07, 6.45) is 4.64. The van der Waals surface area contributed by atoms with Gasteiger partial charge in [0.15, 0.2) is 0 Å². The fraction of sp³-hybridized carbons (Fsp3) is 0.167. The van der Waals surface area contributed by atoms with Gasteiger partial charge >= 0.3 is 0 Å². The van der Waals surface area contributed by atoms with Crippen LogP contribution in [0.25, 0.3) is 12.2 Å². The summed E-state index contributed by atoms with van der Waals surface area (Å²) >= 11 is 0. The van der Waals surface area contributed by atoms with Gasteiger partial charge in [0.2, 0.25) is 5.91 Å². The first-order valence-corrected chi connectivity index (χ1v) is 9.44. The highest BCUT2D eigenvalue weighted by Crippen LogP contribution is 2.37. The van der Waals surface area contributed by atoms with E-state index in [9.17, 15) is 14.7 Å². The van der Waals surface area contributed by atoms with Gasteiger partial charge in [0, 0.05) is 36.2 Å². The number of carbonyl (C=O) groups is 2. The summed E-state index contributed by atoms with van der Waals surface area (Å²) in [5, 5.41) is 10.1. The smallest absolute Gasteiger partial charge is 0.258 e. The fourth-order valence-corrected chi connectivity index (χ4v) is 4.05. The molecule has 29 heavy (non-hydrogen) atoms. The van der Waals surface area contributed by atoms with E-state index in [1.54, 1.807) is 34.1 Å². The maximum Gasteiger partial charge on any atom is 0.258 e. The van der Waals surface area contributed by atoms with Crippen molar-refractivity contribution in [2.24, 2.45) is 0 Å². The molecule has 0 aromatic heterocycles. The molecule has 1 saturated heterocycles. The summed E-state index contributed by atoms with van der Waals surface area (Å²) in [6.45, 7) is 12.9. The first-order valence-electron chi connectivity index (χ1n) is 9.44. The molecule has 2 aliphatic heterocycles. The van der Waals surface area contributed by atoms with Crippen LogP contribution in [0.1, 0.15) is 38.5 Å². The minimum absolute atomic E-state index is 0.0531. The van der Waals surface area contributed by atoms with Gasteiger partial charge in [-0.05, 0) is 34.9 Å². The third-order valence-electron chi connectivity index (χ3n) is 5.66. The number of hydrogen-bond donors (Lipinski definition) is 1. The number of anilines is 1. The molecule has 2 aromatic carbocycles. The van der Waals surface area contributed by atoms with Crippen molar-refractivity contribution in [1.29, 1.82) is 0 Å². The van der Waals surface area contributed by atoms with Gasteiger partial charge in [-0.15, -0.1) is 0 Å². The Morgan fingerprint density at radius 1 is 1.10 bits per heavy atom. The van der Waals surface area contributed by atoms with Crippen LogP contribution in [0.5, 0.6) is 5.75 Å². The van der Waals surface area contributed by atoms with Gasteiger partial charge in [-0.25, -0.2) is 0 Å². The summed E-state index contributed by atoms with van der Waals surface area (Å²) in [5.41, 5.74) is 4.82. The molecule has 0 atom stereocenters. The molecule has 0 bridgehead atoms. The molecule has 5 heteroatoms. The molecule has 2 heterocycles. The summed E-state index contributed by atoms with van der Waals surface area (Å²) < 4.78 is 0. The molecule has 0 saturated carbocycles. The van der Waals surface area contributed by atoms with Gasteiger partial charge in [0.1, 0.15) is 5.75 Å². The van der Waals surface area contributed by atoms with Crippen molar-refractivity contribution in [3.8, 4) is 5.75 Å². The number of amides is 2. The van der Waals surface area contributed by atoms with E-state index < -0.39 is 0 Å². The number of fused-ring (bicyclic) bond motifs is 1. The third kappa shape index (κ3) is 3.05. The quantitative estimate of drug-likeness (QED) is 0.792. The van der Waals surface area contributed by atoms with E-state index in [-0.39, 0.29) is 23.5 Å². The topological polar surface area (TPSA) is 60.9 Å². The zero-order valence-corrected chi connectivity index (χ0v) is 16.1. The van der Waals surface area contributed by atoms with Gasteiger partial charge in [-0.3, -0.25) is 9.59 Å². The number of likely N-dealkylation sites (tertiary alicyclic amines) is 1. The van der Waals surface area contributed by atoms with Crippen molar-refractivity contribution in [2.45, 2.75) is 12.5 Å². The Balaban J connectivity index is 1.62. The third-order valence-corrected chi connectivity index (χ3v) is 5.66. The van der Waals surface area contributed by atoms with Gasteiger partial charge in [-0.2, -0.15) is 0 Å². The van der Waals surface area contributed by atoms with E-state index in [2.05, 4.69) is 25.8 Å². The second-order valence-electron chi connectivity index (χ2n) is 7.33. The Bertz CT molecular complexity index is 1060. The molecule has 0 unspecified atom stereocenters. The number of hydrogen-bond acceptors (Lipinski definition) is 3. The lowest BCUT2D eigenvalue weighted by Gasteiger charge is -2.39. The summed E-state index contributed by atoms with van der Waals surface area (Å²) in [6, 6.07) is 9.06. The first kappa shape index (κ1) is 18.7. The van der Waals surface area contributed by atoms with E-state index in [1.165, 1.54) is 6.08 Å². The minimum Gasteiger partial charge on any atom is -0.508 e. The molecule has 5 nitrogen and oxygen atoms in total. The second-order valence-corrected chi connectivity index (χ2v) is 7.33. The number of phenolic OH excluding ortho intramolecular Hbond substituents is 1. The molecular weight excluding hydrogens is 364 g/mol. The van der Waals surface area contributed by atoms with Crippen molar-refractivity contribution in [2.75, 3.05) is 18.0 Å². The van der Waals surface area contributed by atoms with Crippen LogP contribution in [0.4, 0.5) is 5.69 Å². The zero-order chi connectivity index (χ0) is 20.7. The van der Waals surface area contributed by atoms with E-state index in [0.29, 0.717) is 30.9 Å². The Kier molecular flexibility index (Phi) is 4.59. The van der Waals surface area contributed by atoms with Crippen LogP contribution in [0.15, 0.2) is 56.1 Å². The highest BCUT2D eigenvalue weighted by atomic mass is 16.3. The van der Waals surface area contributed by atoms with Crippen molar-refractivity contribution in [3.63, 3.8) is 0 Å². The minimum atomic E-state index is -0.104. The second kappa shape index (κ2) is 7.09. The number of benzene rings is 2. The molecule has 0 spiro atoms. The molecule has 2 aromatic rings. The van der Waals surface area contributed by atoms with Crippen LogP contribution < -0.4 is 4.90 Å². The van der Waals surface area contributed by atoms with Gasteiger partial charge in [-0.1, -0.05) is 44.0 Å². The Hall–Kier alpha value is -3.60. The SMILES string of the molecule is C=CC(=O)N1CC(c2ccc3c(c2)CN(c2cc(O)cc(C=C)c2C=C)C3=O)C1. The van der Waals surface area contributed by atoms with Crippen LogP contribution >= 0.6 is 0 Å². The highest BCUT2D eigenvalue weighted by molar-refractivity contribution is 6.11. The summed E-state index contributed by atoms with van der Waals surface area (Å²) in [4.78, 5) is 28.1. The molecule has 0 radical (unpaired) electrons. The first-order chi connectivity index (χ1) is 14.0. The maximum atomic E-state index is 13.0. The van der Waals surface area contributed by atoms with E-state index >= 15 is 0 Å². The van der Waals surface area contributed by atoms with E-state index in [4.69, 9.17) is 0 Å². The van der Waals surface area contributed by atoms with Crippen molar-refractivity contribution >= 4 is 29.7 Å². The van der Waals surface area contributed by atoms with Crippen LogP contribution in [-0.2, 0) is 11.3 Å². The van der Waals surface area contributed by atoms with E-state index in [0.717, 1.165) is 22.3 Å². The standard InChI is InChI=1S/C24H22N2O3/c1-4-15-10-19(27)11-22(20(15)5-2)26-14-17-9-16(7-8-21(17)24(26)29)18-12-25(13-18)23(28)6-3/h4-11,18,27H,1-3,12-14H2. The molecule has 2 amide bonds. The normalized spacial score (nSPS) is 15.7. The van der Waals surface area contributed by atoms with Crippen molar-refractivity contribution in [1.82, 2.24) is 4.90 Å². The molecule has 4 rings (SSSR count). The van der Waals surface area contributed by atoms with Crippen LogP contribution in [0.2, 0.25) is 0 Å². The Morgan fingerprint density at radius 3 is 2.52 bits per heavy atom. The Labute approximate surface area is 169 Å².